The van der Waals surface area contributed by atoms with E-state index in [0.717, 1.165) is 48.6 Å². The molecule has 3 aromatic rings. The fraction of sp³-hybridized carbons (Fsp3) is 0.607. The van der Waals surface area contributed by atoms with E-state index >= 15 is 0 Å². The molecule has 0 bridgehead atoms. The van der Waals surface area contributed by atoms with Crippen molar-refractivity contribution in [3.8, 4) is 0 Å². The summed E-state index contributed by atoms with van der Waals surface area (Å²) in [7, 11) is 2.10. The molecular formula is C28H41N7O5S. The van der Waals surface area contributed by atoms with E-state index in [1.807, 2.05) is 36.1 Å². The van der Waals surface area contributed by atoms with Gasteiger partial charge in [-0.3, -0.25) is 23.0 Å². The summed E-state index contributed by atoms with van der Waals surface area (Å²) >= 11 is 0. The molecule has 224 valence electrons. The van der Waals surface area contributed by atoms with Crippen molar-refractivity contribution in [1.29, 1.82) is 0 Å². The third-order valence-electron chi connectivity index (χ3n) is 8.04. The molecule has 4 heterocycles. The van der Waals surface area contributed by atoms with Gasteiger partial charge in [0.2, 0.25) is 5.95 Å². The molecule has 0 aliphatic carbocycles. The predicted octanol–water partition coefficient (Wildman–Crippen LogP) is -0.245. The van der Waals surface area contributed by atoms with E-state index in [1.54, 1.807) is 11.6 Å². The second-order valence-corrected chi connectivity index (χ2v) is 12.6. The van der Waals surface area contributed by atoms with Crippen molar-refractivity contribution in [2.45, 2.75) is 30.9 Å². The Bertz CT molecular complexity index is 1480. The van der Waals surface area contributed by atoms with Gasteiger partial charge in [0, 0.05) is 70.6 Å². The largest absolute Gasteiger partial charge is 0.390 e. The third-order valence-corrected chi connectivity index (χ3v) is 9.49. The Balaban J connectivity index is 1.19. The van der Waals surface area contributed by atoms with Crippen molar-refractivity contribution in [3.63, 3.8) is 0 Å². The number of aryl methyl sites for hydroxylation is 2. The van der Waals surface area contributed by atoms with E-state index in [4.69, 9.17) is 9.72 Å². The summed E-state index contributed by atoms with van der Waals surface area (Å²) in [5.41, 5.74) is 0.965. The van der Waals surface area contributed by atoms with Crippen molar-refractivity contribution in [2.24, 2.45) is 14.1 Å². The van der Waals surface area contributed by atoms with Crippen LogP contribution in [0, 0.1) is 6.92 Å². The van der Waals surface area contributed by atoms with Gasteiger partial charge >= 0.3 is 5.69 Å². The van der Waals surface area contributed by atoms with Gasteiger partial charge in [0.1, 0.15) is 0 Å². The number of hydrogen-bond donors (Lipinski definition) is 1. The van der Waals surface area contributed by atoms with E-state index in [0.29, 0.717) is 55.7 Å². The molecule has 2 saturated heterocycles. The van der Waals surface area contributed by atoms with Crippen molar-refractivity contribution in [2.75, 3.05) is 76.2 Å². The number of β-amino-alcohol motifs (C(OH)–C–C–N with tert-alkyl or cyclic N) is 1. The zero-order valence-electron chi connectivity index (χ0n) is 24.2. The number of benzene rings is 1. The molecule has 2 atom stereocenters. The Labute approximate surface area is 242 Å². The normalized spacial score (nSPS) is 18.7. The third kappa shape index (κ3) is 6.64. The molecule has 0 amide bonds. The number of rotatable bonds is 10. The zero-order valence-corrected chi connectivity index (χ0v) is 25.0. The summed E-state index contributed by atoms with van der Waals surface area (Å²) in [5.74, 6) is 1.23. The van der Waals surface area contributed by atoms with Gasteiger partial charge in [0.15, 0.2) is 11.2 Å². The summed E-state index contributed by atoms with van der Waals surface area (Å²) < 4.78 is 22.3. The number of piperazine rings is 1. The predicted molar refractivity (Wildman–Crippen MR) is 159 cm³/mol. The van der Waals surface area contributed by atoms with Crippen LogP contribution in [0.2, 0.25) is 0 Å². The van der Waals surface area contributed by atoms with Crippen LogP contribution in [0.3, 0.4) is 0 Å². The Hall–Kier alpha value is -2.84. The van der Waals surface area contributed by atoms with Gasteiger partial charge in [0.05, 0.1) is 36.7 Å². The van der Waals surface area contributed by atoms with Crippen molar-refractivity contribution in [3.05, 3.63) is 50.7 Å². The maximum atomic E-state index is 13.2. The standard InChI is InChI=1S/C28H41N7O5S/c1-21-5-7-23(8-6-21)41(39)18-4-9-32-10-12-33(13-11-32)19-22(36)20-35-24-25(30(2)28(38)31(3)26(24)37)29-27(35)34-14-16-40-17-15-34/h5-8,22,36H,4,9-20H2,1-3H3. The topological polar surface area (TPSA) is 118 Å². The van der Waals surface area contributed by atoms with Gasteiger partial charge in [-0.25, -0.2) is 4.79 Å². The SMILES string of the molecule is Cc1ccc(S(=O)CCCN2CCN(CC(O)Cn3c(N4CCOCC4)nc4c3c(=O)n(C)c(=O)n4C)CC2)cc1. The number of nitrogens with zero attached hydrogens (tertiary/aromatic N) is 7. The van der Waals surface area contributed by atoms with Crippen LogP contribution >= 0.6 is 0 Å². The van der Waals surface area contributed by atoms with Crippen molar-refractivity contribution < 1.29 is 14.1 Å². The monoisotopic (exact) mass is 587 g/mol. The molecule has 1 aromatic carbocycles. The van der Waals surface area contributed by atoms with Crippen LogP contribution in [0.1, 0.15) is 12.0 Å². The Morgan fingerprint density at radius 2 is 1.61 bits per heavy atom. The minimum absolute atomic E-state index is 0.196. The average molecular weight is 588 g/mol. The van der Waals surface area contributed by atoms with Gasteiger partial charge in [0.25, 0.3) is 5.56 Å². The van der Waals surface area contributed by atoms with Crippen LogP contribution in [-0.4, -0.2) is 115 Å². The Kier molecular flexibility index (Phi) is 9.39. The highest BCUT2D eigenvalue weighted by molar-refractivity contribution is 7.85. The maximum absolute atomic E-state index is 13.2. The summed E-state index contributed by atoms with van der Waals surface area (Å²) in [6.07, 6.45) is 0.149. The number of morpholine rings is 1. The molecule has 2 unspecified atom stereocenters. The summed E-state index contributed by atoms with van der Waals surface area (Å²) in [5, 5.41) is 11.2. The van der Waals surface area contributed by atoms with Crippen molar-refractivity contribution in [1.82, 2.24) is 28.5 Å². The number of imidazole rings is 1. The number of fused-ring (bicyclic) bond motifs is 1. The fourth-order valence-corrected chi connectivity index (χ4v) is 6.67. The second-order valence-electron chi connectivity index (χ2n) is 11.0. The molecule has 2 fully saturated rings. The lowest BCUT2D eigenvalue weighted by molar-refractivity contribution is 0.0649. The summed E-state index contributed by atoms with van der Waals surface area (Å²) in [6, 6.07) is 7.90. The lowest BCUT2D eigenvalue weighted by Gasteiger charge is -2.36. The van der Waals surface area contributed by atoms with Gasteiger partial charge in [-0.05, 0) is 32.0 Å². The Morgan fingerprint density at radius 3 is 2.29 bits per heavy atom. The van der Waals surface area contributed by atoms with E-state index in [-0.39, 0.29) is 6.54 Å². The lowest BCUT2D eigenvalue weighted by atomic mass is 10.2. The number of ether oxygens (including phenoxy) is 1. The molecule has 41 heavy (non-hydrogen) atoms. The van der Waals surface area contributed by atoms with E-state index < -0.39 is 28.2 Å². The smallest absolute Gasteiger partial charge is 0.332 e. The summed E-state index contributed by atoms with van der Waals surface area (Å²) in [4.78, 5) is 38.0. The molecule has 5 rings (SSSR count). The van der Waals surface area contributed by atoms with Crippen molar-refractivity contribution >= 4 is 27.9 Å². The molecule has 0 radical (unpaired) electrons. The van der Waals surface area contributed by atoms with E-state index in [1.165, 1.54) is 17.2 Å². The first kappa shape index (κ1) is 29.6. The fourth-order valence-electron chi connectivity index (χ4n) is 5.60. The van der Waals surface area contributed by atoms with Crippen LogP contribution < -0.4 is 16.1 Å². The minimum Gasteiger partial charge on any atom is -0.390 e. The van der Waals surface area contributed by atoms with E-state index in [9.17, 15) is 18.9 Å². The average Bonchev–Trinajstić information content (AvgIpc) is 3.35. The quantitative estimate of drug-likeness (QED) is 0.343. The van der Waals surface area contributed by atoms with Crippen LogP contribution in [-0.2, 0) is 36.2 Å². The number of anilines is 1. The second kappa shape index (κ2) is 13.0. The first-order valence-corrected chi connectivity index (χ1v) is 15.6. The molecule has 12 nitrogen and oxygen atoms in total. The van der Waals surface area contributed by atoms with Gasteiger partial charge < -0.3 is 24.2 Å². The molecule has 2 aromatic heterocycles. The Morgan fingerprint density at radius 1 is 0.951 bits per heavy atom. The van der Waals surface area contributed by atoms with Gasteiger partial charge in [-0.2, -0.15) is 4.98 Å². The molecule has 0 spiro atoms. The highest BCUT2D eigenvalue weighted by Gasteiger charge is 2.26. The summed E-state index contributed by atoms with van der Waals surface area (Å²) in [6.45, 7) is 9.37. The van der Waals surface area contributed by atoms with E-state index in [2.05, 4.69) is 9.80 Å². The first-order chi connectivity index (χ1) is 19.7. The number of aromatic nitrogens is 4. The highest BCUT2D eigenvalue weighted by Crippen LogP contribution is 2.21. The number of aliphatic hydroxyl groups excluding tert-OH is 1. The van der Waals surface area contributed by atoms with Crippen LogP contribution in [0.5, 0.6) is 0 Å². The van der Waals surface area contributed by atoms with Crippen LogP contribution in [0.4, 0.5) is 5.95 Å². The number of hydrogen-bond acceptors (Lipinski definition) is 9. The lowest BCUT2D eigenvalue weighted by Crippen LogP contribution is -2.49. The maximum Gasteiger partial charge on any atom is 0.332 e. The van der Waals surface area contributed by atoms with Crippen LogP contribution in [0.15, 0.2) is 38.8 Å². The number of aliphatic hydroxyl groups is 1. The molecule has 2 aliphatic rings. The molecular weight excluding hydrogens is 546 g/mol. The first-order valence-electron chi connectivity index (χ1n) is 14.3. The molecule has 1 N–H and O–H groups in total. The zero-order chi connectivity index (χ0) is 29.1. The van der Waals surface area contributed by atoms with Gasteiger partial charge in [-0.1, -0.05) is 17.7 Å². The molecule has 2 aliphatic heterocycles. The van der Waals surface area contributed by atoms with Gasteiger partial charge in [-0.15, -0.1) is 0 Å². The van der Waals surface area contributed by atoms with Crippen LogP contribution in [0.25, 0.3) is 11.2 Å². The minimum atomic E-state index is -0.978. The highest BCUT2D eigenvalue weighted by atomic mass is 32.2. The molecule has 13 heteroatoms. The molecule has 0 saturated carbocycles.